The predicted molar refractivity (Wildman–Crippen MR) is 94.2 cm³/mol. The molecule has 2 heterocycles. The van der Waals surface area contributed by atoms with Crippen molar-refractivity contribution in [1.82, 2.24) is 14.3 Å². The molecule has 1 amide bonds. The van der Waals surface area contributed by atoms with E-state index in [2.05, 4.69) is 4.98 Å². The van der Waals surface area contributed by atoms with E-state index in [1.807, 2.05) is 76.3 Å². The summed E-state index contributed by atoms with van der Waals surface area (Å²) >= 11 is 0. The first-order valence-electron chi connectivity index (χ1n) is 8.26. The van der Waals surface area contributed by atoms with Crippen molar-refractivity contribution in [3.05, 3.63) is 78.3 Å². The van der Waals surface area contributed by atoms with Crippen LogP contribution < -0.4 is 0 Å². The highest BCUT2D eigenvalue weighted by Crippen LogP contribution is 2.29. The number of hydrogen-bond acceptors (Lipinski definition) is 2. The molecule has 1 aromatic carbocycles. The van der Waals surface area contributed by atoms with Crippen LogP contribution in [0.15, 0.2) is 67.0 Å². The summed E-state index contributed by atoms with van der Waals surface area (Å²) in [6.45, 7) is 0.591. The fourth-order valence-corrected chi connectivity index (χ4v) is 2.88. The van der Waals surface area contributed by atoms with Gasteiger partial charge in [0.2, 0.25) is 5.91 Å². The fraction of sp³-hybridized carbons (Fsp3) is 0.200. The van der Waals surface area contributed by atoms with Crippen LogP contribution in [-0.4, -0.2) is 26.2 Å². The van der Waals surface area contributed by atoms with Crippen LogP contribution in [0.2, 0.25) is 0 Å². The number of benzene rings is 1. The van der Waals surface area contributed by atoms with Gasteiger partial charge in [0.15, 0.2) is 0 Å². The quantitative estimate of drug-likeness (QED) is 0.675. The zero-order valence-corrected chi connectivity index (χ0v) is 13.4. The Hall–Kier alpha value is -2.88. The number of pyridine rings is 1. The molecule has 0 saturated heterocycles. The van der Waals surface area contributed by atoms with Crippen LogP contribution in [0.5, 0.6) is 0 Å². The van der Waals surface area contributed by atoms with Crippen molar-refractivity contribution in [2.75, 3.05) is 0 Å². The number of carbonyl (C=O) groups is 1. The SMILES string of the molecule is O=C(/C=C/c1ccccc1)N(Cc1cnc2ccccn12)C1CC1. The molecule has 0 unspecified atom stereocenters. The average molecular weight is 317 g/mol. The summed E-state index contributed by atoms with van der Waals surface area (Å²) in [6.07, 6.45) is 9.58. The third kappa shape index (κ3) is 3.08. The van der Waals surface area contributed by atoms with Crippen molar-refractivity contribution in [2.45, 2.75) is 25.4 Å². The third-order valence-electron chi connectivity index (χ3n) is 4.31. The topological polar surface area (TPSA) is 37.6 Å². The Morgan fingerprint density at radius 1 is 1.17 bits per heavy atom. The smallest absolute Gasteiger partial charge is 0.247 e. The normalized spacial score (nSPS) is 14.3. The molecule has 4 heteroatoms. The highest BCUT2D eigenvalue weighted by Gasteiger charge is 2.32. The van der Waals surface area contributed by atoms with Crippen LogP contribution in [0.25, 0.3) is 11.7 Å². The van der Waals surface area contributed by atoms with Gasteiger partial charge in [-0.05, 0) is 36.6 Å². The highest BCUT2D eigenvalue weighted by atomic mass is 16.2. The Morgan fingerprint density at radius 2 is 1.96 bits per heavy atom. The first kappa shape index (κ1) is 14.7. The third-order valence-corrected chi connectivity index (χ3v) is 4.31. The number of imidazole rings is 1. The summed E-state index contributed by atoms with van der Waals surface area (Å²) in [5, 5.41) is 0. The van der Waals surface area contributed by atoms with Crippen LogP contribution in [0.3, 0.4) is 0 Å². The minimum absolute atomic E-state index is 0.0623. The van der Waals surface area contributed by atoms with Crippen LogP contribution in [0.4, 0.5) is 0 Å². The van der Waals surface area contributed by atoms with Gasteiger partial charge in [-0.3, -0.25) is 4.79 Å². The maximum absolute atomic E-state index is 12.7. The molecule has 2 aromatic heterocycles. The molecule has 0 atom stereocenters. The maximum Gasteiger partial charge on any atom is 0.247 e. The lowest BCUT2D eigenvalue weighted by Gasteiger charge is -2.20. The van der Waals surface area contributed by atoms with E-state index in [0.29, 0.717) is 12.6 Å². The van der Waals surface area contributed by atoms with Gasteiger partial charge in [0, 0.05) is 18.3 Å². The van der Waals surface area contributed by atoms with E-state index < -0.39 is 0 Å². The van der Waals surface area contributed by atoms with Crippen molar-refractivity contribution < 1.29 is 4.79 Å². The number of rotatable bonds is 5. The number of hydrogen-bond donors (Lipinski definition) is 0. The van der Waals surface area contributed by atoms with Gasteiger partial charge in [-0.15, -0.1) is 0 Å². The largest absolute Gasteiger partial charge is 0.330 e. The second-order valence-electron chi connectivity index (χ2n) is 6.12. The molecule has 0 radical (unpaired) electrons. The van der Waals surface area contributed by atoms with Crippen molar-refractivity contribution in [1.29, 1.82) is 0 Å². The molecular weight excluding hydrogens is 298 g/mol. The lowest BCUT2D eigenvalue weighted by atomic mass is 10.2. The molecule has 24 heavy (non-hydrogen) atoms. The monoisotopic (exact) mass is 317 g/mol. The van der Waals surface area contributed by atoms with Crippen molar-refractivity contribution in [2.24, 2.45) is 0 Å². The lowest BCUT2D eigenvalue weighted by Crippen LogP contribution is -2.31. The lowest BCUT2D eigenvalue weighted by molar-refractivity contribution is -0.127. The van der Waals surface area contributed by atoms with Gasteiger partial charge < -0.3 is 9.30 Å². The minimum atomic E-state index is 0.0623. The summed E-state index contributed by atoms with van der Waals surface area (Å²) in [7, 11) is 0. The predicted octanol–water partition coefficient (Wildman–Crippen LogP) is 3.54. The van der Waals surface area contributed by atoms with Crippen LogP contribution in [-0.2, 0) is 11.3 Å². The Labute approximate surface area is 141 Å². The molecule has 1 aliphatic carbocycles. The molecule has 1 aliphatic rings. The first-order valence-corrected chi connectivity index (χ1v) is 8.26. The van der Waals surface area contributed by atoms with Crippen LogP contribution in [0, 0.1) is 0 Å². The standard InChI is InChI=1S/C20H19N3O/c24-20(12-9-16-6-2-1-3-7-16)23(17-10-11-17)15-18-14-21-19-8-4-5-13-22(18)19/h1-9,12-14,17H,10-11,15H2/b12-9+. The highest BCUT2D eigenvalue weighted by molar-refractivity contribution is 5.92. The molecule has 1 fully saturated rings. The Kier molecular flexibility index (Phi) is 3.87. The maximum atomic E-state index is 12.7. The number of amides is 1. The van der Waals surface area contributed by atoms with Crippen LogP contribution in [0.1, 0.15) is 24.1 Å². The summed E-state index contributed by atoms with van der Waals surface area (Å²) in [5.74, 6) is 0.0623. The summed E-state index contributed by atoms with van der Waals surface area (Å²) in [5.41, 5.74) is 2.99. The molecule has 1 saturated carbocycles. The Balaban J connectivity index is 1.54. The summed E-state index contributed by atoms with van der Waals surface area (Å²) in [4.78, 5) is 19.0. The Morgan fingerprint density at radius 3 is 2.75 bits per heavy atom. The number of fused-ring (bicyclic) bond motifs is 1. The van der Waals surface area contributed by atoms with Gasteiger partial charge in [0.1, 0.15) is 5.65 Å². The zero-order valence-electron chi connectivity index (χ0n) is 13.4. The van der Waals surface area contributed by atoms with Gasteiger partial charge >= 0.3 is 0 Å². The van der Waals surface area contributed by atoms with E-state index in [0.717, 1.165) is 29.7 Å². The van der Waals surface area contributed by atoms with E-state index >= 15 is 0 Å². The molecule has 0 spiro atoms. The van der Waals surface area contributed by atoms with Gasteiger partial charge in [-0.25, -0.2) is 4.98 Å². The van der Waals surface area contributed by atoms with Gasteiger partial charge in [-0.1, -0.05) is 36.4 Å². The summed E-state index contributed by atoms with van der Waals surface area (Å²) in [6, 6.07) is 16.2. The second-order valence-corrected chi connectivity index (χ2v) is 6.12. The van der Waals surface area contributed by atoms with E-state index in [1.54, 1.807) is 6.08 Å². The zero-order chi connectivity index (χ0) is 16.4. The molecule has 4 nitrogen and oxygen atoms in total. The molecule has 0 N–H and O–H groups in total. The number of carbonyl (C=O) groups excluding carboxylic acids is 1. The van der Waals surface area contributed by atoms with Gasteiger partial charge in [-0.2, -0.15) is 0 Å². The van der Waals surface area contributed by atoms with E-state index in [9.17, 15) is 4.79 Å². The molecular formula is C20H19N3O. The minimum Gasteiger partial charge on any atom is -0.330 e. The van der Waals surface area contributed by atoms with Crippen molar-refractivity contribution in [3.63, 3.8) is 0 Å². The molecule has 3 aromatic rings. The Bertz CT molecular complexity index is 878. The van der Waals surface area contributed by atoms with Gasteiger partial charge in [0.25, 0.3) is 0 Å². The number of nitrogens with zero attached hydrogens (tertiary/aromatic N) is 3. The van der Waals surface area contributed by atoms with Crippen molar-refractivity contribution in [3.8, 4) is 0 Å². The first-order chi connectivity index (χ1) is 11.8. The van der Waals surface area contributed by atoms with Crippen LogP contribution >= 0.6 is 0 Å². The van der Waals surface area contributed by atoms with Gasteiger partial charge in [0.05, 0.1) is 18.4 Å². The van der Waals surface area contributed by atoms with E-state index in [4.69, 9.17) is 0 Å². The fourth-order valence-electron chi connectivity index (χ4n) is 2.88. The molecule has 0 aliphatic heterocycles. The number of aromatic nitrogens is 2. The van der Waals surface area contributed by atoms with Crippen molar-refractivity contribution >= 4 is 17.6 Å². The molecule has 120 valence electrons. The summed E-state index contributed by atoms with van der Waals surface area (Å²) < 4.78 is 2.05. The molecule has 4 rings (SSSR count). The van der Waals surface area contributed by atoms with E-state index in [-0.39, 0.29) is 5.91 Å². The van der Waals surface area contributed by atoms with E-state index in [1.165, 1.54) is 0 Å². The second kappa shape index (κ2) is 6.32. The average Bonchev–Trinajstić information content (AvgIpc) is 3.39. The molecule has 0 bridgehead atoms.